The maximum atomic E-state index is 13.1. The summed E-state index contributed by atoms with van der Waals surface area (Å²) >= 11 is 1.44. The van der Waals surface area contributed by atoms with Gasteiger partial charge < -0.3 is 5.32 Å². The van der Waals surface area contributed by atoms with Crippen molar-refractivity contribution >= 4 is 22.4 Å². The van der Waals surface area contributed by atoms with Gasteiger partial charge in [-0.15, -0.1) is 11.3 Å². The number of carbonyl (C=O) groups is 1. The van der Waals surface area contributed by atoms with Crippen LogP contribution in [0.2, 0.25) is 0 Å². The van der Waals surface area contributed by atoms with Crippen molar-refractivity contribution in [2.75, 3.05) is 5.32 Å². The number of hydrogen-bond acceptors (Lipinski definition) is 3. The smallest absolute Gasteiger partial charge is 0.233 e. The van der Waals surface area contributed by atoms with Gasteiger partial charge in [0.25, 0.3) is 0 Å². The molecule has 2 aromatic carbocycles. The molecule has 1 amide bonds. The molecular weight excluding hydrogens is 316 g/mol. The van der Waals surface area contributed by atoms with Crippen molar-refractivity contribution in [1.82, 2.24) is 4.98 Å². The number of fused-ring (bicyclic) bond motifs is 1. The lowest BCUT2D eigenvalue weighted by atomic mass is 9.73. The quantitative estimate of drug-likeness (QED) is 0.777. The van der Waals surface area contributed by atoms with Gasteiger partial charge in [0, 0.05) is 17.5 Å². The Morgan fingerprint density at radius 2 is 2.17 bits per heavy atom. The minimum atomic E-state index is -0.551. The Balaban J connectivity index is 1.77. The summed E-state index contributed by atoms with van der Waals surface area (Å²) in [7, 11) is 0. The molecule has 119 valence electrons. The average Bonchev–Trinajstić information content (AvgIpc) is 3.21. The number of hydrogen-bond donors (Lipinski definition) is 1. The molecule has 3 nitrogen and oxygen atoms in total. The van der Waals surface area contributed by atoms with Crippen LogP contribution in [0.1, 0.15) is 29.5 Å². The molecule has 1 radical (unpaired) electrons. The van der Waals surface area contributed by atoms with Crippen molar-refractivity contribution in [2.45, 2.75) is 19.3 Å². The molecule has 0 bridgehead atoms. The molecule has 0 aliphatic heterocycles. The summed E-state index contributed by atoms with van der Waals surface area (Å²) in [6.07, 6.45) is 2.41. The third-order valence-corrected chi connectivity index (χ3v) is 5.49. The molecule has 1 aliphatic carbocycles. The first kappa shape index (κ1) is 15.1. The first-order valence-electron chi connectivity index (χ1n) is 7.93. The predicted molar refractivity (Wildman–Crippen MR) is 96.1 cm³/mol. The maximum absolute atomic E-state index is 13.1. The van der Waals surface area contributed by atoms with E-state index in [1.54, 1.807) is 6.20 Å². The van der Waals surface area contributed by atoms with E-state index in [1.165, 1.54) is 28.0 Å². The van der Waals surface area contributed by atoms with Crippen LogP contribution >= 0.6 is 11.3 Å². The Hall–Kier alpha value is -2.46. The summed E-state index contributed by atoms with van der Waals surface area (Å²) in [6, 6.07) is 19.4. The fourth-order valence-electron chi connectivity index (χ4n) is 3.68. The molecule has 0 unspecified atom stereocenters. The van der Waals surface area contributed by atoms with Crippen LogP contribution in [0.5, 0.6) is 0 Å². The second kappa shape index (κ2) is 5.87. The van der Waals surface area contributed by atoms with E-state index in [1.807, 2.05) is 42.6 Å². The molecule has 3 aromatic rings. The van der Waals surface area contributed by atoms with Crippen LogP contribution in [-0.4, -0.2) is 10.9 Å². The number of rotatable bonds is 3. The average molecular weight is 333 g/mol. The molecular formula is C20H17N2OS. The van der Waals surface area contributed by atoms with Gasteiger partial charge >= 0.3 is 0 Å². The molecule has 2 atom stereocenters. The molecule has 1 aromatic heterocycles. The minimum Gasteiger partial charge on any atom is -0.301 e. The van der Waals surface area contributed by atoms with E-state index in [4.69, 9.17) is 0 Å². The zero-order valence-corrected chi connectivity index (χ0v) is 14.1. The van der Waals surface area contributed by atoms with Crippen molar-refractivity contribution in [3.05, 3.63) is 82.9 Å². The Kier molecular flexibility index (Phi) is 3.69. The van der Waals surface area contributed by atoms with Gasteiger partial charge in [0.15, 0.2) is 5.13 Å². The number of aromatic nitrogens is 1. The summed E-state index contributed by atoms with van der Waals surface area (Å²) in [5, 5.41) is 5.51. The second-order valence-electron chi connectivity index (χ2n) is 6.35. The monoisotopic (exact) mass is 333 g/mol. The molecule has 4 rings (SSSR count). The number of carbonyl (C=O) groups excluding carboxylic acids is 1. The highest BCUT2D eigenvalue weighted by molar-refractivity contribution is 7.13. The van der Waals surface area contributed by atoms with Crippen molar-refractivity contribution in [2.24, 2.45) is 5.41 Å². The van der Waals surface area contributed by atoms with E-state index in [0.29, 0.717) is 11.6 Å². The van der Waals surface area contributed by atoms with Gasteiger partial charge in [-0.1, -0.05) is 48.5 Å². The first-order valence-corrected chi connectivity index (χ1v) is 8.81. The van der Waals surface area contributed by atoms with Crippen LogP contribution in [0.4, 0.5) is 5.13 Å². The largest absolute Gasteiger partial charge is 0.301 e. The van der Waals surface area contributed by atoms with Gasteiger partial charge in [0.2, 0.25) is 5.91 Å². The zero-order valence-electron chi connectivity index (χ0n) is 13.3. The lowest BCUT2D eigenvalue weighted by molar-refractivity contribution is -0.125. The summed E-state index contributed by atoms with van der Waals surface area (Å²) in [6.45, 7) is 2.05. The number of nitrogens with one attached hydrogen (secondary N) is 1. The third kappa shape index (κ3) is 2.43. The second-order valence-corrected chi connectivity index (χ2v) is 7.25. The summed E-state index contributed by atoms with van der Waals surface area (Å²) in [5.74, 6) is 0.0470. The Bertz CT molecular complexity index is 860. The van der Waals surface area contributed by atoms with Crippen molar-refractivity contribution in [3.8, 4) is 0 Å². The van der Waals surface area contributed by atoms with Crippen LogP contribution in [0.25, 0.3) is 0 Å². The number of benzene rings is 2. The van der Waals surface area contributed by atoms with Gasteiger partial charge in [-0.05, 0) is 36.1 Å². The predicted octanol–water partition coefficient (Wildman–Crippen LogP) is 4.28. The van der Waals surface area contributed by atoms with E-state index in [2.05, 4.69) is 34.6 Å². The van der Waals surface area contributed by atoms with E-state index >= 15 is 0 Å². The SMILES string of the molecule is C[C@]1(C(=O)Nc2nccs2)Cc2c[c]ccc2[C@H]1c1ccccc1. The standard InChI is InChI=1S/C20H17N2OS/c1-20(18(23)22-19-21-11-12-24-19)13-15-9-5-6-10-16(15)17(20)14-7-3-2-4-8-14/h2-4,6-12,17H,13H2,1H3,(H,21,22,23)/t17-,20+/m1/s1. The maximum Gasteiger partial charge on any atom is 0.233 e. The number of amides is 1. The van der Waals surface area contributed by atoms with E-state index in [0.717, 1.165) is 0 Å². The molecule has 1 heterocycles. The third-order valence-electron chi connectivity index (χ3n) is 4.80. The van der Waals surface area contributed by atoms with E-state index in [-0.39, 0.29) is 11.8 Å². The highest BCUT2D eigenvalue weighted by Crippen LogP contribution is 2.51. The summed E-state index contributed by atoms with van der Waals surface area (Å²) in [5.41, 5.74) is 3.03. The van der Waals surface area contributed by atoms with Crippen molar-refractivity contribution in [3.63, 3.8) is 0 Å². The molecule has 0 spiro atoms. The molecule has 0 saturated heterocycles. The highest BCUT2D eigenvalue weighted by Gasteiger charge is 2.48. The normalized spacial score (nSPS) is 22.1. The zero-order chi connectivity index (χ0) is 16.6. The fourth-order valence-corrected chi connectivity index (χ4v) is 4.21. The summed E-state index contributed by atoms with van der Waals surface area (Å²) in [4.78, 5) is 17.3. The Labute approximate surface area is 145 Å². The topological polar surface area (TPSA) is 42.0 Å². The Morgan fingerprint density at radius 1 is 1.33 bits per heavy atom. The van der Waals surface area contributed by atoms with E-state index < -0.39 is 5.41 Å². The lowest BCUT2D eigenvalue weighted by Gasteiger charge is -2.30. The van der Waals surface area contributed by atoms with Crippen LogP contribution in [0.15, 0.2) is 60.1 Å². The molecule has 1 N–H and O–H groups in total. The first-order chi connectivity index (χ1) is 11.7. The number of anilines is 1. The van der Waals surface area contributed by atoms with Gasteiger partial charge in [0.1, 0.15) is 0 Å². The Morgan fingerprint density at radius 3 is 2.92 bits per heavy atom. The van der Waals surface area contributed by atoms with Gasteiger partial charge in [-0.2, -0.15) is 0 Å². The highest BCUT2D eigenvalue weighted by atomic mass is 32.1. The van der Waals surface area contributed by atoms with Crippen LogP contribution < -0.4 is 5.32 Å². The van der Waals surface area contributed by atoms with Gasteiger partial charge in [0.05, 0.1) is 5.41 Å². The minimum absolute atomic E-state index is 0.0162. The molecule has 0 fully saturated rings. The number of thiazole rings is 1. The molecule has 24 heavy (non-hydrogen) atoms. The van der Waals surface area contributed by atoms with Gasteiger partial charge in [-0.3, -0.25) is 4.79 Å². The van der Waals surface area contributed by atoms with Crippen molar-refractivity contribution in [1.29, 1.82) is 0 Å². The van der Waals surface area contributed by atoms with Crippen LogP contribution in [0, 0.1) is 11.5 Å². The lowest BCUT2D eigenvalue weighted by Crippen LogP contribution is -2.37. The number of nitrogens with zero attached hydrogens (tertiary/aromatic N) is 1. The molecule has 4 heteroatoms. The fraction of sp³-hybridized carbons (Fsp3) is 0.200. The van der Waals surface area contributed by atoms with Crippen LogP contribution in [-0.2, 0) is 11.2 Å². The summed E-state index contributed by atoms with van der Waals surface area (Å²) < 4.78 is 0. The van der Waals surface area contributed by atoms with Crippen molar-refractivity contribution < 1.29 is 4.79 Å². The molecule has 1 aliphatic rings. The molecule has 0 saturated carbocycles. The van der Waals surface area contributed by atoms with Gasteiger partial charge in [-0.25, -0.2) is 4.98 Å². The van der Waals surface area contributed by atoms with E-state index in [9.17, 15) is 4.79 Å². The van der Waals surface area contributed by atoms with Crippen LogP contribution in [0.3, 0.4) is 0 Å².